The standard InChI is InChI=1S/C11H13N2/c1-12-9-8-11(13(12)2)10-6-4-3-5-7-10/h3-9H,1-2H3/q+1. The first-order chi connectivity index (χ1) is 6.29. The first-order valence-electron chi connectivity index (χ1n) is 4.36. The maximum atomic E-state index is 2.12. The molecule has 2 nitrogen and oxygen atoms in total. The summed E-state index contributed by atoms with van der Waals surface area (Å²) in [5.74, 6) is 0. The van der Waals surface area contributed by atoms with Gasteiger partial charge in [-0.3, -0.25) is 0 Å². The van der Waals surface area contributed by atoms with Crippen LogP contribution in [0.2, 0.25) is 0 Å². The number of hydrogen-bond acceptors (Lipinski definition) is 0. The average molecular weight is 173 g/mol. The van der Waals surface area contributed by atoms with Crippen molar-refractivity contribution in [1.82, 2.24) is 4.68 Å². The van der Waals surface area contributed by atoms with Gasteiger partial charge in [-0.1, -0.05) is 30.3 Å². The van der Waals surface area contributed by atoms with Gasteiger partial charge in [0.15, 0.2) is 13.2 Å². The maximum absolute atomic E-state index is 2.12. The highest BCUT2D eigenvalue weighted by Gasteiger charge is 2.07. The molecular formula is C11H13N2+. The van der Waals surface area contributed by atoms with Crippen LogP contribution in [0.15, 0.2) is 42.6 Å². The van der Waals surface area contributed by atoms with Crippen molar-refractivity contribution in [3.8, 4) is 11.3 Å². The van der Waals surface area contributed by atoms with Crippen molar-refractivity contribution < 1.29 is 4.68 Å². The Bertz CT molecular complexity index is 401. The van der Waals surface area contributed by atoms with E-state index in [9.17, 15) is 0 Å². The zero-order valence-corrected chi connectivity index (χ0v) is 7.94. The van der Waals surface area contributed by atoms with Crippen LogP contribution in [0, 0.1) is 0 Å². The largest absolute Gasteiger partial charge is 0.196 e. The molecule has 0 aliphatic heterocycles. The fourth-order valence-corrected chi connectivity index (χ4v) is 1.45. The Balaban J connectivity index is 2.53. The van der Waals surface area contributed by atoms with Gasteiger partial charge in [-0.25, -0.2) is 0 Å². The summed E-state index contributed by atoms with van der Waals surface area (Å²) in [7, 11) is 4.09. The van der Waals surface area contributed by atoms with E-state index >= 15 is 0 Å². The molecule has 0 bridgehead atoms. The summed E-state index contributed by atoms with van der Waals surface area (Å²) < 4.78 is 4.18. The molecule has 0 spiro atoms. The molecule has 0 fully saturated rings. The minimum absolute atomic E-state index is 1.24. The summed E-state index contributed by atoms with van der Waals surface area (Å²) in [5.41, 5.74) is 2.49. The van der Waals surface area contributed by atoms with Crippen molar-refractivity contribution in [3.63, 3.8) is 0 Å². The second-order valence-corrected chi connectivity index (χ2v) is 3.16. The van der Waals surface area contributed by atoms with Crippen molar-refractivity contribution in [2.75, 3.05) is 0 Å². The molecule has 1 heterocycles. The van der Waals surface area contributed by atoms with Crippen molar-refractivity contribution in [3.05, 3.63) is 42.6 Å². The minimum Gasteiger partial charge on any atom is -0.156 e. The van der Waals surface area contributed by atoms with Gasteiger partial charge in [0.1, 0.15) is 5.69 Å². The predicted molar refractivity (Wildman–Crippen MR) is 52.0 cm³/mol. The SMILES string of the molecule is Cn1c(-c2ccccc2)cc[n+]1C. The van der Waals surface area contributed by atoms with Crippen molar-refractivity contribution >= 4 is 0 Å². The Morgan fingerprint density at radius 3 is 2.31 bits per heavy atom. The van der Waals surface area contributed by atoms with Crippen LogP contribution in [0.25, 0.3) is 11.3 Å². The fraction of sp³-hybridized carbons (Fsp3) is 0.182. The smallest absolute Gasteiger partial charge is 0.156 e. The molecule has 0 N–H and O–H groups in total. The maximum Gasteiger partial charge on any atom is 0.196 e. The van der Waals surface area contributed by atoms with E-state index in [2.05, 4.69) is 52.9 Å². The van der Waals surface area contributed by atoms with E-state index in [-0.39, 0.29) is 0 Å². The van der Waals surface area contributed by atoms with Crippen LogP contribution >= 0.6 is 0 Å². The molecule has 2 rings (SSSR count). The Hall–Kier alpha value is -1.57. The molecular weight excluding hydrogens is 160 g/mol. The number of nitrogens with zero attached hydrogens (tertiary/aromatic N) is 2. The number of aryl methyl sites for hydroxylation is 1. The van der Waals surface area contributed by atoms with Gasteiger partial charge >= 0.3 is 0 Å². The highest BCUT2D eigenvalue weighted by Crippen LogP contribution is 2.15. The summed E-state index contributed by atoms with van der Waals surface area (Å²) >= 11 is 0. The van der Waals surface area contributed by atoms with Crippen molar-refractivity contribution in [2.45, 2.75) is 0 Å². The summed E-state index contributed by atoms with van der Waals surface area (Å²) in [6.07, 6.45) is 2.06. The van der Waals surface area contributed by atoms with Crippen LogP contribution in [0.4, 0.5) is 0 Å². The van der Waals surface area contributed by atoms with E-state index in [1.54, 1.807) is 0 Å². The zero-order valence-electron chi connectivity index (χ0n) is 7.94. The van der Waals surface area contributed by atoms with Gasteiger partial charge in [0.05, 0.1) is 7.05 Å². The summed E-state index contributed by atoms with van der Waals surface area (Å²) in [6, 6.07) is 12.5. The molecule has 2 aromatic rings. The topological polar surface area (TPSA) is 8.81 Å². The summed E-state index contributed by atoms with van der Waals surface area (Å²) in [6.45, 7) is 0. The molecule has 0 amide bonds. The first kappa shape index (κ1) is 8.05. The Morgan fingerprint density at radius 2 is 1.77 bits per heavy atom. The number of benzene rings is 1. The van der Waals surface area contributed by atoms with Crippen LogP contribution in [0.5, 0.6) is 0 Å². The van der Waals surface area contributed by atoms with Crippen LogP contribution in [-0.4, -0.2) is 4.68 Å². The lowest BCUT2D eigenvalue weighted by molar-refractivity contribution is -0.750. The van der Waals surface area contributed by atoms with Crippen LogP contribution in [0.3, 0.4) is 0 Å². The zero-order chi connectivity index (χ0) is 9.26. The molecule has 1 aromatic carbocycles. The molecule has 0 radical (unpaired) electrons. The van der Waals surface area contributed by atoms with Gasteiger partial charge in [0, 0.05) is 11.6 Å². The van der Waals surface area contributed by atoms with Gasteiger partial charge in [-0.15, -0.1) is 4.68 Å². The molecule has 0 saturated heterocycles. The monoisotopic (exact) mass is 173 g/mol. The van der Waals surface area contributed by atoms with Crippen molar-refractivity contribution in [1.29, 1.82) is 0 Å². The van der Waals surface area contributed by atoms with Gasteiger partial charge in [-0.05, 0) is 0 Å². The van der Waals surface area contributed by atoms with E-state index in [0.29, 0.717) is 0 Å². The summed E-state index contributed by atoms with van der Waals surface area (Å²) in [4.78, 5) is 0. The Kier molecular flexibility index (Phi) is 1.89. The third-order valence-electron chi connectivity index (χ3n) is 2.34. The van der Waals surface area contributed by atoms with Gasteiger partial charge < -0.3 is 0 Å². The van der Waals surface area contributed by atoms with Crippen molar-refractivity contribution in [2.24, 2.45) is 14.1 Å². The molecule has 0 unspecified atom stereocenters. The Labute approximate surface area is 78.0 Å². The fourth-order valence-electron chi connectivity index (χ4n) is 1.45. The third kappa shape index (κ3) is 1.35. The normalized spacial score (nSPS) is 10.3. The highest BCUT2D eigenvalue weighted by molar-refractivity contribution is 5.58. The molecule has 13 heavy (non-hydrogen) atoms. The third-order valence-corrected chi connectivity index (χ3v) is 2.34. The average Bonchev–Trinajstić information content (AvgIpc) is 2.49. The minimum atomic E-state index is 1.24. The van der Waals surface area contributed by atoms with E-state index < -0.39 is 0 Å². The molecule has 0 aliphatic carbocycles. The molecule has 0 saturated carbocycles. The summed E-state index contributed by atoms with van der Waals surface area (Å²) in [5, 5.41) is 0. The number of rotatable bonds is 1. The molecule has 2 heteroatoms. The lowest BCUT2D eigenvalue weighted by Crippen LogP contribution is -2.36. The van der Waals surface area contributed by atoms with Gasteiger partial charge in [-0.2, -0.15) is 4.68 Å². The van der Waals surface area contributed by atoms with Gasteiger partial charge in [0.25, 0.3) is 0 Å². The molecule has 66 valence electrons. The molecule has 0 aliphatic rings. The quantitative estimate of drug-likeness (QED) is 0.578. The van der Waals surface area contributed by atoms with E-state index in [1.165, 1.54) is 11.3 Å². The predicted octanol–water partition coefficient (Wildman–Crippen LogP) is 1.52. The van der Waals surface area contributed by atoms with Crippen LogP contribution < -0.4 is 4.68 Å². The molecule has 1 aromatic heterocycles. The van der Waals surface area contributed by atoms with E-state index in [0.717, 1.165) is 0 Å². The van der Waals surface area contributed by atoms with E-state index in [1.807, 2.05) is 13.1 Å². The highest BCUT2D eigenvalue weighted by atomic mass is 15.4. The molecule has 0 atom stereocenters. The second-order valence-electron chi connectivity index (χ2n) is 3.16. The lowest BCUT2D eigenvalue weighted by atomic mass is 10.2. The van der Waals surface area contributed by atoms with Gasteiger partial charge in [0.2, 0.25) is 0 Å². The number of aromatic nitrogens is 2. The van der Waals surface area contributed by atoms with E-state index in [4.69, 9.17) is 0 Å². The Morgan fingerprint density at radius 1 is 1.08 bits per heavy atom. The number of hydrogen-bond donors (Lipinski definition) is 0. The van der Waals surface area contributed by atoms with Crippen LogP contribution in [0.1, 0.15) is 0 Å². The first-order valence-corrected chi connectivity index (χ1v) is 4.36. The second kappa shape index (κ2) is 3.05. The van der Waals surface area contributed by atoms with Crippen LogP contribution in [-0.2, 0) is 14.1 Å². The lowest BCUT2D eigenvalue weighted by Gasteiger charge is -1.98.